The molecule has 1 aromatic carbocycles. The van der Waals surface area contributed by atoms with E-state index in [0.717, 1.165) is 17.2 Å². The lowest BCUT2D eigenvalue weighted by atomic mass is 10.0. The molecular weight excluding hydrogens is 240 g/mol. The molecule has 0 heterocycles. The molecule has 0 radical (unpaired) electrons. The molecule has 0 atom stereocenters. The fourth-order valence-corrected chi connectivity index (χ4v) is 2.76. The van der Waals surface area contributed by atoms with E-state index >= 15 is 0 Å². The van der Waals surface area contributed by atoms with Gasteiger partial charge >= 0.3 is 0 Å². The summed E-state index contributed by atoms with van der Waals surface area (Å²) in [4.78, 5) is 11.9. The van der Waals surface area contributed by atoms with Gasteiger partial charge in [-0.05, 0) is 29.6 Å². The largest absolute Gasteiger partial charge is 0.293 e. The van der Waals surface area contributed by atoms with E-state index in [-0.39, 0.29) is 5.78 Å². The van der Waals surface area contributed by atoms with Crippen molar-refractivity contribution in [3.8, 4) is 0 Å². The van der Waals surface area contributed by atoms with Crippen LogP contribution in [0.4, 0.5) is 0 Å². The van der Waals surface area contributed by atoms with Crippen LogP contribution in [0.1, 0.15) is 56.0 Å². The molecule has 0 N–H and O–H groups in total. The number of rotatable bonds is 7. The van der Waals surface area contributed by atoms with Gasteiger partial charge in [-0.25, -0.2) is 0 Å². The van der Waals surface area contributed by atoms with E-state index in [0.29, 0.717) is 11.7 Å². The molecule has 0 fully saturated rings. The summed E-state index contributed by atoms with van der Waals surface area (Å²) >= 11 is 1.75. The minimum Gasteiger partial charge on any atom is -0.293 e. The number of ketones is 1. The van der Waals surface area contributed by atoms with Gasteiger partial charge < -0.3 is 0 Å². The quantitative estimate of drug-likeness (QED) is 0.521. The monoisotopic (exact) mass is 264 g/mol. The minimum atomic E-state index is 0.249. The third kappa shape index (κ3) is 5.26. The lowest BCUT2D eigenvalue weighted by molar-refractivity contribution is 0.102. The molecule has 0 saturated carbocycles. The second-order valence-corrected chi connectivity index (χ2v) is 6.54. The molecule has 0 bridgehead atoms. The first kappa shape index (κ1) is 15.3. The first-order chi connectivity index (χ1) is 8.50. The molecule has 2 heteroatoms. The van der Waals surface area contributed by atoms with Crippen LogP contribution in [-0.4, -0.2) is 17.3 Å². The van der Waals surface area contributed by atoms with Gasteiger partial charge in [-0.2, -0.15) is 11.8 Å². The summed E-state index contributed by atoms with van der Waals surface area (Å²) in [5.74, 6) is 3.17. The van der Waals surface area contributed by atoms with Gasteiger partial charge in [0.15, 0.2) is 5.78 Å². The zero-order valence-electron chi connectivity index (χ0n) is 11.9. The fourth-order valence-electron chi connectivity index (χ4n) is 1.62. The van der Waals surface area contributed by atoms with E-state index in [2.05, 4.69) is 39.8 Å². The first-order valence-electron chi connectivity index (χ1n) is 6.71. The third-order valence-electron chi connectivity index (χ3n) is 2.97. The van der Waals surface area contributed by atoms with Crippen molar-refractivity contribution in [2.45, 2.75) is 40.0 Å². The summed E-state index contributed by atoms with van der Waals surface area (Å²) < 4.78 is 0. The van der Waals surface area contributed by atoms with E-state index < -0.39 is 0 Å². The predicted octanol–water partition coefficient (Wildman–Crippen LogP) is 4.77. The highest BCUT2D eigenvalue weighted by molar-refractivity contribution is 7.99. The van der Waals surface area contributed by atoms with Crippen LogP contribution in [0.15, 0.2) is 24.3 Å². The number of carbonyl (C=O) groups excluding carboxylic acids is 1. The Labute approximate surface area is 115 Å². The van der Waals surface area contributed by atoms with Crippen LogP contribution in [0.2, 0.25) is 0 Å². The molecule has 18 heavy (non-hydrogen) atoms. The van der Waals surface area contributed by atoms with Crippen molar-refractivity contribution in [2.75, 3.05) is 11.5 Å². The van der Waals surface area contributed by atoms with Crippen LogP contribution >= 0.6 is 11.8 Å². The summed E-state index contributed by atoms with van der Waals surface area (Å²) in [6.45, 7) is 8.76. The van der Waals surface area contributed by atoms with E-state index in [1.165, 1.54) is 12.0 Å². The topological polar surface area (TPSA) is 17.1 Å². The van der Waals surface area contributed by atoms with Gasteiger partial charge in [-0.1, -0.05) is 52.0 Å². The van der Waals surface area contributed by atoms with Crippen LogP contribution in [0, 0.1) is 5.92 Å². The Kier molecular flexibility index (Phi) is 6.48. The van der Waals surface area contributed by atoms with Crippen LogP contribution < -0.4 is 0 Å². The van der Waals surface area contributed by atoms with Crippen LogP contribution in [0.25, 0.3) is 0 Å². The normalized spacial score (nSPS) is 11.2. The Morgan fingerprint density at radius 1 is 1.11 bits per heavy atom. The number of benzene rings is 1. The first-order valence-corrected chi connectivity index (χ1v) is 7.87. The van der Waals surface area contributed by atoms with Gasteiger partial charge in [0.1, 0.15) is 0 Å². The molecule has 0 aliphatic carbocycles. The molecule has 0 aliphatic heterocycles. The van der Waals surface area contributed by atoms with Crippen LogP contribution in [-0.2, 0) is 0 Å². The SMILES string of the molecule is CC(C)CCSCC(=O)c1ccc(C(C)C)cc1. The highest BCUT2D eigenvalue weighted by atomic mass is 32.2. The molecule has 1 nitrogen and oxygen atoms in total. The highest BCUT2D eigenvalue weighted by Gasteiger charge is 2.07. The maximum Gasteiger partial charge on any atom is 0.172 e. The molecule has 100 valence electrons. The van der Waals surface area contributed by atoms with Crippen molar-refractivity contribution in [1.29, 1.82) is 0 Å². The number of hydrogen-bond acceptors (Lipinski definition) is 2. The number of carbonyl (C=O) groups is 1. The third-order valence-corrected chi connectivity index (χ3v) is 3.96. The van der Waals surface area contributed by atoms with E-state index in [4.69, 9.17) is 0 Å². The molecule has 0 unspecified atom stereocenters. The predicted molar refractivity (Wildman–Crippen MR) is 81.6 cm³/mol. The lowest BCUT2D eigenvalue weighted by Crippen LogP contribution is -2.04. The Bertz CT molecular complexity index is 365. The smallest absolute Gasteiger partial charge is 0.172 e. The molecular formula is C16H24OS. The molecule has 1 aromatic rings. The number of thioether (sulfide) groups is 1. The minimum absolute atomic E-state index is 0.249. The molecule has 0 amide bonds. The van der Waals surface area contributed by atoms with Crippen molar-refractivity contribution in [3.63, 3.8) is 0 Å². The van der Waals surface area contributed by atoms with Crippen molar-refractivity contribution in [3.05, 3.63) is 35.4 Å². The molecule has 0 spiro atoms. The van der Waals surface area contributed by atoms with Gasteiger partial charge in [0.25, 0.3) is 0 Å². The molecule has 0 aliphatic rings. The van der Waals surface area contributed by atoms with E-state index in [1.54, 1.807) is 11.8 Å². The standard InChI is InChI=1S/C16H24OS/c1-12(2)9-10-18-11-16(17)15-7-5-14(6-8-15)13(3)4/h5-8,12-13H,9-11H2,1-4H3. The van der Waals surface area contributed by atoms with E-state index in [9.17, 15) is 4.79 Å². The fraction of sp³-hybridized carbons (Fsp3) is 0.562. The summed E-state index contributed by atoms with van der Waals surface area (Å²) in [6.07, 6.45) is 1.18. The van der Waals surface area contributed by atoms with Gasteiger partial charge in [0.2, 0.25) is 0 Å². The van der Waals surface area contributed by atoms with Crippen molar-refractivity contribution < 1.29 is 4.79 Å². The number of Topliss-reactive ketones (excluding diaryl/α,β-unsaturated/α-hetero) is 1. The van der Waals surface area contributed by atoms with E-state index in [1.807, 2.05) is 12.1 Å². The Balaban J connectivity index is 2.42. The summed E-state index contributed by atoms with van der Waals surface area (Å²) in [7, 11) is 0. The van der Waals surface area contributed by atoms with Crippen LogP contribution in [0.5, 0.6) is 0 Å². The van der Waals surface area contributed by atoms with Gasteiger partial charge in [0.05, 0.1) is 5.75 Å². The average Bonchev–Trinajstić information content (AvgIpc) is 2.34. The van der Waals surface area contributed by atoms with Crippen LogP contribution in [0.3, 0.4) is 0 Å². The maximum absolute atomic E-state index is 11.9. The lowest BCUT2D eigenvalue weighted by Gasteiger charge is -2.07. The highest BCUT2D eigenvalue weighted by Crippen LogP contribution is 2.16. The molecule has 0 aromatic heterocycles. The van der Waals surface area contributed by atoms with Crippen molar-refractivity contribution >= 4 is 17.5 Å². The zero-order chi connectivity index (χ0) is 13.5. The summed E-state index contributed by atoms with van der Waals surface area (Å²) in [5, 5.41) is 0. The van der Waals surface area contributed by atoms with Gasteiger partial charge in [0, 0.05) is 5.56 Å². The second kappa shape index (κ2) is 7.63. The Hall–Kier alpha value is -0.760. The van der Waals surface area contributed by atoms with Gasteiger partial charge in [-0.3, -0.25) is 4.79 Å². The zero-order valence-corrected chi connectivity index (χ0v) is 12.7. The van der Waals surface area contributed by atoms with Gasteiger partial charge in [-0.15, -0.1) is 0 Å². The van der Waals surface area contributed by atoms with Crippen molar-refractivity contribution in [1.82, 2.24) is 0 Å². The van der Waals surface area contributed by atoms with Crippen molar-refractivity contribution in [2.24, 2.45) is 5.92 Å². The second-order valence-electron chi connectivity index (χ2n) is 5.43. The Morgan fingerprint density at radius 3 is 2.22 bits per heavy atom. The number of hydrogen-bond donors (Lipinski definition) is 0. The average molecular weight is 264 g/mol. The summed E-state index contributed by atoms with van der Waals surface area (Å²) in [5.41, 5.74) is 2.13. The Morgan fingerprint density at radius 2 is 1.72 bits per heavy atom. The summed E-state index contributed by atoms with van der Waals surface area (Å²) in [6, 6.07) is 8.05. The maximum atomic E-state index is 11.9. The molecule has 1 rings (SSSR count). The molecule has 0 saturated heterocycles.